The Morgan fingerprint density at radius 3 is 2.31 bits per heavy atom. The van der Waals surface area contributed by atoms with Crippen molar-refractivity contribution in [1.82, 2.24) is 4.57 Å². The van der Waals surface area contributed by atoms with E-state index >= 15 is 0 Å². The molecule has 1 aromatic heterocycles. The van der Waals surface area contributed by atoms with Crippen LogP contribution in [0.15, 0.2) is 18.2 Å². The Balaban J connectivity index is 2.85. The molecule has 0 aliphatic rings. The largest absolute Gasteiger partial charge is 0.431 e. The minimum absolute atomic E-state index is 0.601. The molecule has 86 valence electrons. The lowest BCUT2D eigenvalue weighted by Gasteiger charge is -2.09. The highest BCUT2D eigenvalue weighted by Crippen LogP contribution is 2.34. The van der Waals surface area contributed by atoms with Crippen LogP contribution in [0.4, 0.5) is 13.2 Å². The average Bonchev–Trinajstić information content (AvgIpc) is 2.50. The first kappa shape index (κ1) is 11.0. The van der Waals surface area contributed by atoms with Crippen molar-refractivity contribution in [3.63, 3.8) is 0 Å². The number of aryl methyl sites for hydroxylation is 3. The summed E-state index contributed by atoms with van der Waals surface area (Å²) < 4.78 is 39.3. The Hall–Kier alpha value is -1.45. The third-order valence-electron chi connectivity index (χ3n) is 3.01. The van der Waals surface area contributed by atoms with Gasteiger partial charge in [-0.25, -0.2) is 0 Å². The molecule has 0 radical (unpaired) electrons. The molecule has 0 saturated carbocycles. The molecular formula is C12H12F3N. The number of alkyl halides is 3. The lowest BCUT2D eigenvalue weighted by atomic mass is 10.1. The van der Waals surface area contributed by atoms with E-state index in [4.69, 9.17) is 0 Å². The van der Waals surface area contributed by atoms with Crippen molar-refractivity contribution in [3.8, 4) is 0 Å². The SMILES string of the molecule is Cc1ccc2cc(C(F)(F)F)n(C)c2c1C. The molecule has 2 aromatic rings. The van der Waals surface area contributed by atoms with Crippen LogP contribution in [0, 0.1) is 13.8 Å². The number of benzene rings is 1. The highest BCUT2D eigenvalue weighted by atomic mass is 19.4. The number of nitrogens with zero attached hydrogens (tertiary/aromatic N) is 1. The van der Waals surface area contributed by atoms with Crippen LogP contribution in [0.5, 0.6) is 0 Å². The number of rotatable bonds is 0. The molecule has 0 saturated heterocycles. The summed E-state index contributed by atoms with van der Waals surface area (Å²) in [5.74, 6) is 0. The van der Waals surface area contributed by atoms with Crippen LogP contribution in [-0.2, 0) is 13.2 Å². The van der Waals surface area contributed by atoms with Gasteiger partial charge < -0.3 is 4.57 Å². The number of hydrogen-bond donors (Lipinski definition) is 0. The van der Waals surface area contributed by atoms with Gasteiger partial charge >= 0.3 is 6.18 Å². The Labute approximate surface area is 91.5 Å². The minimum atomic E-state index is -4.30. The van der Waals surface area contributed by atoms with Crippen molar-refractivity contribution in [1.29, 1.82) is 0 Å². The van der Waals surface area contributed by atoms with E-state index in [-0.39, 0.29) is 0 Å². The maximum absolute atomic E-state index is 12.7. The second-order valence-electron chi connectivity index (χ2n) is 4.03. The van der Waals surface area contributed by atoms with Crippen molar-refractivity contribution in [2.45, 2.75) is 20.0 Å². The molecule has 0 atom stereocenters. The quantitative estimate of drug-likeness (QED) is 0.644. The molecule has 1 aromatic carbocycles. The van der Waals surface area contributed by atoms with E-state index in [2.05, 4.69) is 0 Å². The van der Waals surface area contributed by atoms with Crippen molar-refractivity contribution in [2.24, 2.45) is 7.05 Å². The minimum Gasteiger partial charge on any atom is -0.340 e. The Morgan fingerprint density at radius 1 is 1.12 bits per heavy atom. The highest BCUT2D eigenvalue weighted by molar-refractivity contribution is 5.85. The molecule has 0 amide bonds. The van der Waals surface area contributed by atoms with E-state index in [1.165, 1.54) is 17.7 Å². The maximum Gasteiger partial charge on any atom is 0.431 e. The summed E-state index contributed by atoms with van der Waals surface area (Å²) in [6, 6.07) is 4.77. The van der Waals surface area contributed by atoms with Crippen molar-refractivity contribution >= 4 is 10.9 Å². The van der Waals surface area contributed by atoms with Crippen molar-refractivity contribution < 1.29 is 13.2 Å². The smallest absolute Gasteiger partial charge is 0.340 e. The molecule has 1 heterocycles. The van der Waals surface area contributed by atoms with Gasteiger partial charge in [0.15, 0.2) is 0 Å². The fourth-order valence-electron chi connectivity index (χ4n) is 2.02. The van der Waals surface area contributed by atoms with E-state index < -0.39 is 11.9 Å². The number of fused-ring (bicyclic) bond motifs is 1. The van der Waals surface area contributed by atoms with Crippen LogP contribution in [-0.4, -0.2) is 4.57 Å². The molecule has 0 spiro atoms. The number of halogens is 3. The molecule has 16 heavy (non-hydrogen) atoms. The van der Waals surface area contributed by atoms with Crippen LogP contribution in [0.25, 0.3) is 10.9 Å². The van der Waals surface area contributed by atoms with Gasteiger partial charge in [0.1, 0.15) is 5.69 Å². The van der Waals surface area contributed by atoms with Gasteiger partial charge in [-0.2, -0.15) is 13.2 Å². The third-order valence-corrected chi connectivity index (χ3v) is 3.01. The van der Waals surface area contributed by atoms with Gasteiger partial charge in [-0.15, -0.1) is 0 Å². The van der Waals surface area contributed by atoms with Crippen LogP contribution >= 0.6 is 0 Å². The summed E-state index contributed by atoms with van der Waals surface area (Å²) >= 11 is 0. The normalized spacial score (nSPS) is 12.4. The molecule has 0 bridgehead atoms. The van der Waals surface area contributed by atoms with Crippen LogP contribution in [0.1, 0.15) is 16.8 Å². The molecule has 2 rings (SSSR count). The first-order valence-corrected chi connectivity index (χ1v) is 4.95. The van der Waals surface area contributed by atoms with Gasteiger partial charge in [0.25, 0.3) is 0 Å². The van der Waals surface area contributed by atoms with Crippen LogP contribution in [0.3, 0.4) is 0 Å². The van der Waals surface area contributed by atoms with Gasteiger partial charge in [-0.3, -0.25) is 0 Å². The zero-order chi connectivity index (χ0) is 12.1. The van der Waals surface area contributed by atoms with E-state index in [0.717, 1.165) is 11.1 Å². The zero-order valence-corrected chi connectivity index (χ0v) is 9.31. The average molecular weight is 227 g/mol. The Kier molecular flexibility index (Phi) is 2.26. The van der Waals surface area contributed by atoms with Gasteiger partial charge in [0.2, 0.25) is 0 Å². The Morgan fingerprint density at radius 2 is 1.75 bits per heavy atom. The first-order valence-electron chi connectivity index (χ1n) is 4.95. The molecule has 0 aliphatic carbocycles. The molecule has 0 unspecified atom stereocenters. The Bertz CT molecular complexity index is 549. The number of hydrogen-bond acceptors (Lipinski definition) is 0. The van der Waals surface area contributed by atoms with Crippen molar-refractivity contribution in [3.05, 3.63) is 35.0 Å². The lowest BCUT2D eigenvalue weighted by Crippen LogP contribution is -2.10. The van der Waals surface area contributed by atoms with Gasteiger partial charge in [0, 0.05) is 12.4 Å². The molecule has 4 heteroatoms. The van der Waals surface area contributed by atoms with Crippen molar-refractivity contribution in [2.75, 3.05) is 0 Å². The molecule has 0 fully saturated rings. The first-order chi connectivity index (χ1) is 7.32. The maximum atomic E-state index is 12.7. The van der Waals surface area contributed by atoms with Gasteiger partial charge in [-0.05, 0) is 31.0 Å². The third kappa shape index (κ3) is 1.49. The summed E-state index contributed by atoms with van der Waals surface area (Å²) in [5, 5.41) is 0.637. The highest BCUT2D eigenvalue weighted by Gasteiger charge is 2.34. The predicted molar refractivity (Wildman–Crippen MR) is 57.4 cm³/mol. The summed E-state index contributed by atoms with van der Waals surface area (Å²) in [7, 11) is 1.46. The summed E-state index contributed by atoms with van der Waals surface area (Å²) in [5.41, 5.74) is 1.96. The second kappa shape index (κ2) is 3.27. The van der Waals surface area contributed by atoms with E-state index in [1.54, 1.807) is 6.07 Å². The molecular weight excluding hydrogens is 215 g/mol. The fraction of sp³-hybridized carbons (Fsp3) is 0.333. The second-order valence-corrected chi connectivity index (χ2v) is 4.03. The van der Waals surface area contributed by atoms with E-state index in [0.29, 0.717) is 10.9 Å². The summed E-state index contributed by atoms with van der Waals surface area (Å²) in [4.78, 5) is 0. The van der Waals surface area contributed by atoms with Crippen LogP contribution < -0.4 is 0 Å². The molecule has 0 aliphatic heterocycles. The van der Waals surface area contributed by atoms with E-state index in [9.17, 15) is 13.2 Å². The standard InChI is InChI=1S/C12H12F3N/c1-7-4-5-9-6-10(12(13,14)15)16(3)11(9)8(7)2/h4-6H,1-3H3. The van der Waals surface area contributed by atoms with Gasteiger partial charge in [-0.1, -0.05) is 12.1 Å². The van der Waals surface area contributed by atoms with Crippen LogP contribution in [0.2, 0.25) is 0 Å². The zero-order valence-electron chi connectivity index (χ0n) is 9.31. The lowest BCUT2D eigenvalue weighted by molar-refractivity contribution is -0.142. The summed E-state index contributed by atoms with van der Waals surface area (Å²) in [6.07, 6.45) is -4.30. The van der Waals surface area contributed by atoms with E-state index in [1.807, 2.05) is 19.9 Å². The topological polar surface area (TPSA) is 4.93 Å². The monoisotopic (exact) mass is 227 g/mol. The fourth-order valence-corrected chi connectivity index (χ4v) is 2.02. The predicted octanol–water partition coefficient (Wildman–Crippen LogP) is 3.81. The molecule has 0 N–H and O–H groups in total. The summed E-state index contributed by atoms with van der Waals surface area (Å²) in [6.45, 7) is 3.74. The number of aromatic nitrogens is 1. The molecule has 1 nitrogen and oxygen atoms in total. The van der Waals surface area contributed by atoms with Gasteiger partial charge in [0.05, 0.1) is 5.52 Å².